The van der Waals surface area contributed by atoms with Gasteiger partial charge in [0.05, 0.1) is 0 Å². The van der Waals surface area contributed by atoms with Crippen LogP contribution in [-0.4, -0.2) is 26.1 Å². The molecule has 0 aliphatic heterocycles. The molecule has 0 fully saturated rings. The topological polar surface area (TPSA) is 58.3 Å². The maximum absolute atomic E-state index is 12.5. The second-order valence-electron chi connectivity index (χ2n) is 2.86. The molecule has 15 heavy (non-hydrogen) atoms. The minimum Gasteiger partial charge on any atom is -0.423 e. The van der Waals surface area contributed by atoms with Gasteiger partial charge in [-0.25, -0.2) is 8.96 Å². The lowest BCUT2D eigenvalue weighted by atomic mass is 9.80. The molecule has 0 atom stereocenters. The van der Waals surface area contributed by atoms with Crippen molar-refractivity contribution in [2.45, 2.75) is 0 Å². The summed E-state index contributed by atoms with van der Waals surface area (Å²) in [7, 11) is -1.66. The van der Waals surface area contributed by atoms with Gasteiger partial charge in [-0.3, -0.25) is 0 Å². The van der Waals surface area contributed by atoms with Crippen LogP contribution in [0.2, 0.25) is 5.15 Å². The average Bonchev–Trinajstić information content (AvgIpc) is 2.55. The van der Waals surface area contributed by atoms with E-state index in [1.54, 1.807) is 6.07 Å². The maximum Gasteiger partial charge on any atom is 0.490 e. The Bertz CT molecular complexity index is 507. The predicted molar refractivity (Wildman–Crippen MR) is 58.7 cm³/mol. The van der Waals surface area contributed by atoms with E-state index in [1.807, 2.05) is 0 Å². The zero-order chi connectivity index (χ0) is 11.0. The lowest BCUT2D eigenvalue weighted by molar-refractivity contribution is 0.426. The van der Waals surface area contributed by atoms with Crippen molar-refractivity contribution < 1.29 is 13.9 Å². The Morgan fingerprint density at radius 1 is 1.47 bits per heavy atom. The van der Waals surface area contributed by atoms with E-state index in [2.05, 4.69) is 4.98 Å². The van der Waals surface area contributed by atoms with Gasteiger partial charge < -0.3 is 10.0 Å². The van der Waals surface area contributed by atoms with E-state index in [1.165, 1.54) is 12.3 Å². The van der Waals surface area contributed by atoms with Gasteiger partial charge in [-0.05, 0) is 12.1 Å². The van der Waals surface area contributed by atoms with E-state index >= 15 is 0 Å². The Hall–Kier alpha value is -0.755. The van der Waals surface area contributed by atoms with Crippen LogP contribution in [0.5, 0.6) is 0 Å². The smallest absolute Gasteiger partial charge is 0.423 e. The lowest BCUT2D eigenvalue weighted by Gasteiger charge is -1.96. The molecule has 0 saturated carbocycles. The number of hydrogen-bond donors (Lipinski definition) is 2. The van der Waals surface area contributed by atoms with Crippen LogP contribution in [0.3, 0.4) is 0 Å². The molecule has 0 spiro atoms. The van der Waals surface area contributed by atoms with Crippen molar-refractivity contribution in [3.63, 3.8) is 0 Å². The molecular formula is C7H5BClFN2O2S. The van der Waals surface area contributed by atoms with Gasteiger partial charge in [-0.1, -0.05) is 11.6 Å². The number of aromatic nitrogens is 2. The minimum atomic E-state index is -1.66. The van der Waals surface area contributed by atoms with E-state index in [-0.39, 0.29) is 28.6 Å². The van der Waals surface area contributed by atoms with Gasteiger partial charge in [0, 0.05) is 17.0 Å². The first kappa shape index (κ1) is 10.8. The number of nitrogens with zero attached hydrogens (tertiary/aromatic N) is 2. The Labute approximate surface area is 94.3 Å². The molecule has 0 radical (unpaired) electrons. The molecule has 8 heteroatoms. The highest BCUT2D eigenvalue weighted by Crippen LogP contribution is 2.20. The van der Waals surface area contributed by atoms with E-state index in [0.29, 0.717) is 5.39 Å². The van der Waals surface area contributed by atoms with Crippen LogP contribution < -0.4 is 5.46 Å². The third kappa shape index (κ3) is 1.83. The van der Waals surface area contributed by atoms with Crippen LogP contribution in [0.25, 0.3) is 11.0 Å². The summed E-state index contributed by atoms with van der Waals surface area (Å²) in [4.78, 5) is 3.89. The van der Waals surface area contributed by atoms with Crippen molar-refractivity contribution in [2.75, 3.05) is 0 Å². The molecule has 0 aliphatic carbocycles. The molecule has 2 aromatic heterocycles. The Balaban J connectivity index is 2.75. The number of halogens is 2. The SMILES string of the molecule is OB(O)c1cn(SF)c2nc(Cl)ccc12. The summed E-state index contributed by atoms with van der Waals surface area (Å²) in [5.41, 5.74) is 0.456. The zero-order valence-corrected chi connectivity index (χ0v) is 8.83. The normalized spacial score (nSPS) is 10.9. The predicted octanol–water partition coefficient (Wildman–Crippen LogP) is 0.750. The van der Waals surface area contributed by atoms with Crippen molar-refractivity contribution in [1.82, 2.24) is 8.96 Å². The molecule has 2 rings (SSSR count). The molecular weight excluding hydrogens is 241 g/mol. The molecule has 2 aromatic rings. The van der Waals surface area contributed by atoms with Gasteiger partial charge >= 0.3 is 7.12 Å². The van der Waals surface area contributed by atoms with Gasteiger partial charge in [0.25, 0.3) is 0 Å². The second kappa shape index (κ2) is 4.01. The third-order valence-electron chi connectivity index (χ3n) is 1.97. The van der Waals surface area contributed by atoms with E-state index < -0.39 is 7.12 Å². The Morgan fingerprint density at radius 2 is 2.20 bits per heavy atom. The Kier molecular flexibility index (Phi) is 2.88. The highest BCUT2D eigenvalue weighted by molar-refractivity contribution is 7.92. The molecule has 78 valence electrons. The largest absolute Gasteiger partial charge is 0.490 e. The fourth-order valence-electron chi connectivity index (χ4n) is 1.33. The number of rotatable bonds is 2. The number of fused-ring (bicyclic) bond motifs is 1. The summed E-state index contributed by atoms with van der Waals surface area (Å²) in [5, 5.41) is 18.8. The molecule has 0 aromatic carbocycles. The van der Waals surface area contributed by atoms with Crippen molar-refractivity contribution in [3.05, 3.63) is 23.5 Å². The van der Waals surface area contributed by atoms with E-state index in [4.69, 9.17) is 21.6 Å². The first-order valence-corrected chi connectivity index (χ1v) is 5.01. The fraction of sp³-hybridized carbons (Fsp3) is 0. The van der Waals surface area contributed by atoms with Gasteiger partial charge in [0.1, 0.15) is 5.15 Å². The quantitative estimate of drug-likeness (QED) is 0.606. The summed E-state index contributed by atoms with van der Waals surface area (Å²) >= 11 is 5.57. The minimum absolute atomic E-state index is 0.0815. The lowest BCUT2D eigenvalue weighted by Crippen LogP contribution is -2.29. The molecule has 0 aliphatic rings. The summed E-state index contributed by atoms with van der Waals surface area (Å²) in [6.07, 6.45) is 1.27. The third-order valence-corrected chi connectivity index (χ3v) is 2.61. The number of pyridine rings is 1. The molecule has 2 N–H and O–H groups in total. The van der Waals surface area contributed by atoms with Crippen LogP contribution in [-0.2, 0) is 0 Å². The van der Waals surface area contributed by atoms with Crippen LogP contribution in [0.15, 0.2) is 18.3 Å². The molecule has 0 saturated heterocycles. The summed E-state index contributed by atoms with van der Waals surface area (Å²) in [6, 6.07) is 3.06. The molecule has 4 nitrogen and oxygen atoms in total. The highest BCUT2D eigenvalue weighted by Gasteiger charge is 2.20. The van der Waals surface area contributed by atoms with Gasteiger partial charge in [0.15, 0.2) is 18.0 Å². The standard InChI is InChI=1S/C7H5BClFN2O2S/c9-6-2-1-4-5(8(13)14)3-12(15-10)7(4)11-6/h1-3,13-14H. The molecule has 0 unspecified atom stereocenters. The van der Waals surface area contributed by atoms with Crippen molar-refractivity contribution >= 4 is 47.5 Å². The van der Waals surface area contributed by atoms with Crippen LogP contribution in [0.4, 0.5) is 3.89 Å². The van der Waals surface area contributed by atoms with Gasteiger partial charge in [-0.15, -0.1) is 3.89 Å². The zero-order valence-electron chi connectivity index (χ0n) is 7.26. The van der Waals surface area contributed by atoms with Gasteiger partial charge in [0.2, 0.25) is 0 Å². The first-order valence-electron chi connectivity index (χ1n) is 3.96. The average molecular weight is 246 g/mol. The summed E-state index contributed by atoms with van der Waals surface area (Å²) < 4.78 is 13.6. The van der Waals surface area contributed by atoms with Crippen molar-refractivity contribution in [3.8, 4) is 0 Å². The number of hydrogen-bond acceptors (Lipinski definition) is 4. The van der Waals surface area contributed by atoms with Crippen LogP contribution in [0.1, 0.15) is 0 Å². The van der Waals surface area contributed by atoms with Crippen molar-refractivity contribution in [2.24, 2.45) is 0 Å². The second-order valence-corrected chi connectivity index (χ2v) is 3.78. The van der Waals surface area contributed by atoms with Crippen LogP contribution in [0, 0.1) is 0 Å². The van der Waals surface area contributed by atoms with E-state index in [9.17, 15) is 3.89 Å². The first-order chi connectivity index (χ1) is 7.13. The summed E-state index contributed by atoms with van der Waals surface area (Å²) in [5.74, 6) is 0. The van der Waals surface area contributed by atoms with Gasteiger partial charge in [-0.2, -0.15) is 0 Å². The maximum atomic E-state index is 12.5. The fourth-order valence-corrected chi connectivity index (χ4v) is 1.83. The molecule has 2 heterocycles. The Morgan fingerprint density at radius 3 is 2.80 bits per heavy atom. The van der Waals surface area contributed by atoms with E-state index in [0.717, 1.165) is 3.97 Å². The monoisotopic (exact) mass is 246 g/mol. The van der Waals surface area contributed by atoms with Crippen LogP contribution >= 0.6 is 23.9 Å². The summed E-state index contributed by atoms with van der Waals surface area (Å²) in [6.45, 7) is 0. The molecule has 0 amide bonds. The van der Waals surface area contributed by atoms with Crippen molar-refractivity contribution in [1.29, 1.82) is 0 Å². The highest BCUT2D eigenvalue weighted by atomic mass is 35.5. The molecule has 0 bridgehead atoms.